The van der Waals surface area contributed by atoms with Crippen LogP contribution in [0.5, 0.6) is 0 Å². The Morgan fingerprint density at radius 1 is 1.60 bits per heavy atom. The minimum absolute atomic E-state index is 0.312. The predicted molar refractivity (Wildman–Crippen MR) is 39.2 cm³/mol. The normalized spacial score (nSPS) is 11.2. The first-order valence-electron chi connectivity index (χ1n) is 3.34. The van der Waals surface area contributed by atoms with E-state index in [1.807, 2.05) is 6.92 Å². The Labute approximate surface area is 60.9 Å². The van der Waals surface area contributed by atoms with Gasteiger partial charge in [0.2, 0.25) is 0 Å². The zero-order valence-corrected chi connectivity index (χ0v) is 6.39. The number of rotatable bonds is 3. The maximum absolute atomic E-state index is 10.8. The van der Waals surface area contributed by atoms with Gasteiger partial charge in [-0.1, -0.05) is 6.92 Å². The first kappa shape index (κ1) is 9.01. The molecule has 0 radical (unpaired) electrons. The van der Waals surface area contributed by atoms with Crippen molar-refractivity contribution < 1.29 is 9.53 Å². The number of hydrogen-bond donors (Lipinski definition) is 1. The average molecular weight is 143 g/mol. The molecule has 0 saturated heterocycles. The Morgan fingerprint density at radius 3 is 2.50 bits per heavy atom. The Morgan fingerprint density at radius 2 is 2.20 bits per heavy atom. The Kier molecular flexibility index (Phi) is 4.37. The third-order valence-corrected chi connectivity index (χ3v) is 1.12. The van der Waals surface area contributed by atoms with Crippen LogP contribution in [0.2, 0.25) is 0 Å². The van der Waals surface area contributed by atoms with E-state index in [1.165, 1.54) is 6.20 Å². The molecule has 0 bridgehead atoms. The summed E-state index contributed by atoms with van der Waals surface area (Å²) < 4.78 is 4.70. The van der Waals surface area contributed by atoms with Crippen LogP contribution in [0.15, 0.2) is 11.8 Å². The number of carbonyl (C=O) groups is 1. The molecule has 0 unspecified atom stereocenters. The summed E-state index contributed by atoms with van der Waals surface area (Å²) >= 11 is 0. The van der Waals surface area contributed by atoms with E-state index < -0.39 is 0 Å². The van der Waals surface area contributed by atoms with Gasteiger partial charge >= 0.3 is 5.97 Å². The first-order valence-corrected chi connectivity index (χ1v) is 3.34. The summed E-state index contributed by atoms with van der Waals surface area (Å²) in [5.74, 6) is -0.312. The van der Waals surface area contributed by atoms with Crippen LogP contribution in [-0.2, 0) is 9.53 Å². The molecule has 0 aliphatic rings. The van der Waals surface area contributed by atoms with Crippen LogP contribution in [0.4, 0.5) is 0 Å². The summed E-state index contributed by atoms with van der Waals surface area (Å²) in [4.78, 5) is 10.8. The van der Waals surface area contributed by atoms with E-state index in [9.17, 15) is 4.79 Å². The molecule has 0 aromatic heterocycles. The van der Waals surface area contributed by atoms with Gasteiger partial charge in [0, 0.05) is 6.20 Å². The average Bonchev–Trinajstić information content (AvgIpc) is 1.91. The third-order valence-electron chi connectivity index (χ3n) is 1.12. The van der Waals surface area contributed by atoms with E-state index in [1.54, 1.807) is 6.92 Å². The molecular formula is C7H13NO2. The van der Waals surface area contributed by atoms with Crippen LogP contribution >= 0.6 is 0 Å². The van der Waals surface area contributed by atoms with E-state index in [4.69, 9.17) is 10.5 Å². The summed E-state index contributed by atoms with van der Waals surface area (Å²) in [5.41, 5.74) is 5.68. The summed E-state index contributed by atoms with van der Waals surface area (Å²) in [5, 5.41) is 0. The molecule has 0 atom stereocenters. The molecule has 0 aromatic carbocycles. The standard InChI is InChI=1S/C7H13NO2/c1-3-6(5-8)7(9)10-4-2/h5H,3-4,8H2,1-2H3/b6-5+. The molecular weight excluding hydrogens is 130 g/mol. The van der Waals surface area contributed by atoms with E-state index in [0.717, 1.165) is 0 Å². The molecule has 58 valence electrons. The number of esters is 1. The fourth-order valence-electron chi connectivity index (χ4n) is 0.554. The molecule has 0 spiro atoms. The predicted octanol–water partition coefficient (Wildman–Crippen LogP) is 0.802. The van der Waals surface area contributed by atoms with Crippen LogP contribution < -0.4 is 5.73 Å². The van der Waals surface area contributed by atoms with Crippen molar-refractivity contribution in [1.29, 1.82) is 0 Å². The molecule has 0 rings (SSSR count). The van der Waals surface area contributed by atoms with E-state index in [-0.39, 0.29) is 5.97 Å². The van der Waals surface area contributed by atoms with Crippen LogP contribution in [0.25, 0.3) is 0 Å². The van der Waals surface area contributed by atoms with Crippen molar-refractivity contribution in [3.05, 3.63) is 11.8 Å². The van der Waals surface area contributed by atoms with Gasteiger partial charge in [-0.05, 0) is 13.3 Å². The molecule has 0 heterocycles. The second-order valence-corrected chi connectivity index (χ2v) is 1.77. The van der Waals surface area contributed by atoms with Gasteiger partial charge in [-0.3, -0.25) is 0 Å². The van der Waals surface area contributed by atoms with Gasteiger partial charge in [-0.25, -0.2) is 4.79 Å². The smallest absolute Gasteiger partial charge is 0.335 e. The molecule has 3 nitrogen and oxygen atoms in total. The lowest BCUT2D eigenvalue weighted by atomic mass is 10.2. The molecule has 0 amide bonds. The second-order valence-electron chi connectivity index (χ2n) is 1.77. The van der Waals surface area contributed by atoms with Gasteiger partial charge in [-0.15, -0.1) is 0 Å². The topological polar surface area (TPSA) is 52.3 Å². The van der Waals surface area contributed by atoms with Crippen LogP contribution in [0.1, 0.15) is 20.3 Å². The SMILES string of the molecule is CCOC(=O)/C(=C/N)CC. The largest absolute Gasteiger partial charge is 0.463 e. The van der Waals surface area contributed by atoms with Crippen LogP contribution in [0, 0.1) is 0 Å². The zero-order valence-electron chi connectivity index (χ0n) is 6.39. The summed E-state index contributed by atoms with van der Waals surface area (Å²) in [7, 11) is 0. The highest BCUT2D eigenvalue weighted by Gasteiger charge is 2.05. The molecule has 2 N–H and O–H groups in total. The van der Waals surface area contributed by atoms with E-state index >= 15 is 0 Å². The second kappa shape index (κ2) is 4.85. The number of hydrogen-bond acceptors (Lipinski definition) is 3. The first-order chi connectivity index (χ1) is 4.76. The molecule has 0 aromatic rings. The van der Waals surface area contributed by atoms with E-state index in [2.05, 4.69) is 0 Å². The Balaban J connectivity index is 3.91. The van der Waals surface area contributed by atoms with Gasteiger partial charge in [0.1, 0.15) is 0 Å². The van der Waals surface area contributed by atoms with Crippen LogP contribution in [-0.4, -0.2) is 12.6 Å². The fraction of sp³-hybridized carbons (Fsp3) is 0.571. The highest BCUT2D eigenvalue weighted by Crippen LogP contribution is 2.00. The molecule has 3 heteroatoms. The van der Waals surface area contributed by atoms with Crippen LogP contribution in [0.3, 0.4) is 0 Å². The van der Waals surface area contributed by atoms with Gasteiger partial charge in [-0.2, -0.15) is 0 Å². The lowest BCUT2D eigenvalue weighted by molar-refractivity contribution is -0.138. The fourth-order valence-corrected chi connectivity index (χ4v) is 0.554. The summed E-state index contributed by atoms with van der Waals surface area (Å²) in [6.07, 6.45) is 1.91. The minimum atomic E-state index is -0.312. The molecule has 0 aliphatic heterocycles. The molecule has 10 heavy (non-hydrogen) atoms. The highest BCUT2D eigenvalue weighted by molar-refractivity contribution is 5.88. The summed E-state index contributed by atoms with van der Waals surface area (Å²) in [6.45, 7) is 4.02. The number of ether oxygens (including phenoxy) is 1. The lowest BCUT2D eigenvalue weighted by Crippen LogP contribution is -2.08. The minimum Gasteiger partial charge on any atom is -0.463 e. The quantitative estimate of drug-likeness (QED) is 0.469. The monoisotopic (exact) mass is 143 g/mol. The zero-order chi connectivity index (χ0) is 7.98. The van der Waals surface area contributed by atoms with Crippen molar-refractivity contribution in [3.8, 4) is 0 Å². The van der Waals surface area contributed by atoms with Crippen molar-refractivity contribution >= 4 is 5.97 Å². The van der Waals surface area contributed by atoms with Crippen molar-refractivity contribution in [2.75, 3.05) is 6.61 Å². The third kappa shape index (κ3) is 2.53. The van der Waals surface area contributed by atoms with E-state index in [0.29, 0.717) is 18.6 Å². The highest BCUT2D eigenvalue weighted by atomic mass is 16.5. The van der Waals surface area contributed by atoms with Crippen molar-refractivity contribution in [2.24, 2.45) is 5.73 Å². The number of carbonyl (C=O) groups excluding carboxylic acids is 1. The summed E-state index contributed by atoms with van der Waals surface area (Å²) in [6, 6.07) is 0. The van der Waals surface area contributed by atoms with Crippen molar-refractivity contribution in [3.63, 3.8) is 0 Å². The molecule has 0 fully saturated rings. The van der Waals surface area contributed by atoms with Gasteiger partial charge in [0.05, 0.1) is 12.2 Å². The van der Waals surface area contributed by atoms with Crippen molar-refractivity contribution in [2.45, 2.75) is 20.3 Å². The molecule has 0 aliphatic carbocycles. The van der Waals surface area contributed by atoms with Gasteiger partial charge in [0.15, 0.2) is 0 Å². The maximum Gasteiger partial charge on any atom is 0.335 e. The maximum atomic E-state index is 10.8. The Bertz CT molecular complexity index is 141. The number of nitrogens with two attached hydrogens (primary N) is 1. The van der Waals surface area contributed by atoms with Gasteiger partial charge < -0.3 is 10.5 Å². The molecule has 0 saturated carbocycles. The van der Waals surface area contributed by atoms with Crippen molar-refractivity contribution in [1.82, 2.24) is 0 Å². The lowest BCUT2D eigenvalue weighted by Gasteiger charge is -2.01. The van der Waals surface area contributed by atoms with Gasteiger partial charge in [0.25, 0.3) is 0 Å². The Hall–Kier alpha value is -0.990.